The van der Waals surface area contributed by atoms with Crippen molar-refractivity contribution in [2.75, 3.05) is 6.54 Å². The van der Waals surface area contributed by atoms with Gasteiger partial charge in [-0.15, -0.1) is 0 Å². The molecule has 3 heteroatoms. The van der Waals surface area contributed by atoms with Crippen LogP contribution in [-0.2, 0) is 0 Å². The Kier molecular flexibility index (Phi) is 8.86. The molecule has 0 heterocycles. The molecule has 5 atom stereocenters. The molecule has 0 aromatic heterocycles. The minimum atomic E-state index is -0.613. The fourth-order valence-electron chi connectivity index (χ4n) is 4.78. The first-order valence-electron chi connectivity index (χ1n) is 10.9. The molecule has 0 radical (unpaired) electrons. The van der Waals surface area contributed by atoms with Gasteiger partial charge in [0.1, 0.15) is 0 Å². The summed E-state index contributed by atoms with van der Waals surface area (Å²) in [6, 6.07) is 0. The summed E-state index contributed by atoms with van der Waals surface area (Å²) in [5.74, 6) is 1.38. The van der Waals surface area contributed by atoms with Gasteiger partial charge in [0.15, 0.2) is 0 Å². The highest BCUT2D eigenvalue weighted by Crippen LogP contribution is 2.48. The van der Waals surface area contributed by atoms with E-state index in [9.17, 15) is 10.2 Å². The van der Waals surface area contributed by atoms with Gasteiger partial charge in [-0.1, -0.05) is 56.4 Å². The third kappa shape index (κ3) is 6.51. The van der Waals surface area contributed by atoms with Crippen LogP contribution in [0.3, 0.4) is 0 Å². The fourth-order valence-corrected chi connectivity index (χ4v) is 4.78. The van der Waals surface area contributed by atoms with Crippen LogP contribution in [0.25, 0.3) is 0 Å². The van der Waals surface area contributed by atoms with E-state index in [-0.39, 0.29) is 12.0 Å². The number of aliphatic hydroxyl groups excluding tert-OH is 1. The van der Waals surface area contributed by atoms with Gasteiger partial charge < -0.3 is 15.9 Å². The molecule has 26 heavy (non-hydrogen) atoms. The maximum Gasteiger partial charge on any atom is 0.0654 e. The lowest BCUT2D eigenvalue weighted by Gasteiger charge is -2.22. The van der Waals surface area contributed by atoms with Crippen molar-refractivity contribution in [1.29, 1.82) is 0 Å². The fraction of sp³-hybridized carbons (Fsp3) is 0.826. The Labute approximate surface area is 160 Å². The third-order valence-corrected chi connectivity index (χ3v) is 6.39. The lowest BCUT2D eigenvalue weighted by Crippen LogP contribution is -2.23. The van der Waals surface area contributed by atoms with Gasteiger partial charge in [0.25, 0.3) is 0 Å². The molecule has 2 aliphatic carbocycles. The SMILES string of the molecule is CCCC[C@](C)(O)C/C=C/[C@@H]1[C@H]2CC(CCCCCCN)=C[C@H]2C[C@H]1O. The van der Waals surface area contributed by atoms with Crippen molar-refractivity contribution in [1.82, 2.24) is 0 Å². The Morgan fingerprint density at radius 3 is 2.73 bits per heavy atom. The Morgan fingerprint density at radius 1 is 1.23 bits per heavy atom. The molecule has 0 aliphatic heterocycles. The molecule has 0 spiro atoms. The molecule has 1 fully saturated rings. The summed E-state index contributed by atoms with van der Waals surface area (Å²) in [7, 11) is 0. The minimum absolute atomic E-state index is 0.218. The van der Waals surface area contributed by atoms with Crippen LogP contribution >= 0.6 is 0 Å². The Balaban J connectivity index is 1.79. The number of nitrogens with two attached hydrogens (primary N) is 1. The number of rotatable bonds is 12. The summed E-state index contributed by atoms with van der Waals surface area (Å²) in [5, 5.41) is 20.9. The molecule has 4 N–H and O–H groups in total. The van der Waals surface area contributed by atoms with Crippen molar-refractivity contribution in [3.63, 3.8) is 0 Å². The first kappa shape index (κ1) is 21.7. The van der Waals surface area contributed by atoms with E-state index in [1.807, 2.05) is 6.92 Å². The lowest BCUT2D eigenvalue weighted by atomic mass is 9.87. The molecule has 0 bridgehead atoms. The summed E-state index contributed by atoms with van der Waals surface area (Å²) < 4.78 is 0. The molecular weight excluding hydrogens is 322 g/mol. The van der Waals surface area contributed by atoms with Gasteiger partial charge in [-0.25, -0.2) is 0 Å². The van der Waals surface area contributed by atoms with E-state index < -0.39 is 5.60 Å². The Bertz CT molecular complexity index is 469. The number of hydrogen-bond donors (Lipinski definition) is 3. The summed E-state index contributed by atoms with van der Waals surface area (Å²) in [6.45, 7) is 4.90. The quantitative estimate of drug-likeness (QED) is 0.347. The van der Waals surface area contributed by atoms with E-state index in [0.717, 1.165) is 45.1 Å². The van der Waals surface area contributed by atoms with Crippen molar-refractivity contribution >= 4 is 0 Å². The molecule has 150 valence electrons. The van der Waals surface area contributed by atoms with Gasteiger partial charge >= 0.3 is 0 Å². The average Bonchev–Trinajstić information content (AvgIpc) is 3.10. The number of unbranched alkanes of at least 4 members (excludes halogenated alkanes) is 4. The minimum Gasteiger partial charge on any atom is -0.392 e. The number of fused-ring (bicyclic) bond motifs is 1. The number of allylic oxidation sites excluding steroid dienone is 2. The first-order chi connectivity index (χ1) is 12.5. The highest BCUT2D eigenvalue weighted by Gasteiger charge is 2.43. The van der Waals surface area contributed by atoms with Crippen molar-refractivity contribution in [3.05, 3.63) is 23.8 Å². The maximum atomic E-state index is 10.5. The summed E-state index contributed by atoms with van der Waals surface area (Å²) in [6.07, 6.45) is 18.5. The zero-order valence-corrected chi connectivity index (χ0v) is 17.0. The van der Waals surface area contributed by atoms with Crippen LogP contribution in [0.5, 0.6) is 0 Å². The van der Waals surface area contributed by atoms with Crippen molar-refractivity contribution < 1.29 is 10.2 Å². The summed E-state index contributed by atoms with van der Waals surface area (Å²) in [4.78, 5) is 0. The molecule has 1 saturated carbocycles. The van der Waals surface area contributed by atoms with Crippen LogP contribution in [0, 0.1) is 17.8 Å². The van der Waals surface area contributed by atoms with Crippen molar-refractivity contribution in [3.8, 4) is 0 Å². The summed E-state index contributed by atoms with van der Waals surface area (Å²) in [5.41, 5.74) is 6.55. The highest BCUT2D eigenvalue weighted by molar-refractivity contribution is 5.20. The Morgan fingerprint density at radius 2 is 2.00 bits per heavy atom. The van der Waals surface area contributed by atoms with Gasteiger partial charge in [0.05, 0.1) is 11.7 Å². The second kappa shape index (κ2) is 10.6. The van der Waals surface area contributed by atoms with Gasteiger partial charge in [-0.05, 0) is 70.3 Å². The number of hydrogen-bond acceptors (Lipinski definition) is 3. The van der Waals surface area contributed by atoms with Crippen LogP contribution in [0.4, 0.5) is 0 Å². The van der Waals surface area contributed by atoms with E-state index in [0.29, 0.717) is 18.3 Å². The van der Waals surface area contributed by atoms with Gasteiger partial charge in [-0.3, -0.25) is 0 Å². The molecule has 3 nitrogen and oxygen atoms in total. The van der Waals surface area contributed by atoms with Crippen LogP contribution in [0.1, 0.15) is 84.5 Å². The van der Waals surface area contributed by atoms with Gasteiger partial charge in [0.2, 0.25) is 0 Å². The molecule has 2 rings (SSSR count). The normalized spacial score (nSPS) is 30.6. The average molecular weight is 364 g/mol. The maximum absolute atomic E-state index is 10.5. The van der Waals surface area contributed by atoms with Crippen LogP contribution in [-0.4, -0.2) is 28.5 Å². The predicted octanol–water partition coefficient (Wildman–Crippen LogP) is 4.73. The van der Waals surface area contributed by atoms with Crippen LogP contribution in [0.2, 0.25) is 0 Å². The van der Waals surface area contributed by atoms with E-state index in [4.69, 9.17) is 5.73 Å². The largest absolute Gasteiger partial charge is 0.392 e. The van der Waals surface area contributed by atoms with E-state index in [1.54, 1.807) is 5.57 Å². The topological polar surface area (TPSA) is 66.5 Å². The smallest absolute Gasteiger partial charge is 0.0654 e. The van der Waals surface area contributed by atoms with Gasteiger partial charge in [-0.2, -0.15) is 0 Å². The van der Waals surface area contributed by atoms with Gasteiger partial charge in [0, 0.05) is 5.92 Å². The second-order valence-electron chi connectivity index (χ2n) is 8.92. The highest BCUT2D eigenvalue weighted by atomic mass is 16.3. The molecule has 0 aromatic carbocycles. The van der Waals surface area contributed by atoms with E-state index in [2.05, 4.69) is 25.2 Å². The lowest BCUT2D eigenvalue weighted by molar-refractivity contribution is 0.0513. The molecule has 0 amide bonds. The zero-order valence-electron chi connectivity index (χ0n) is 17.0. The van der Waals surface area contributed by atoms with E-state index >= 15 is 0 Å². The predicted molar refractivity (Wildman–Crippen MR) is 110 cm³/mol. The zero-order chi connectivity index (χ0) is 19.0. The molecule has 0 unspecified atom stereocenters. The van der Waals surface area contributed by atoms with E-state index in [1.165, 1.54) is 25.7 Å². The monoisotopic (exact) mass is 363 g/mol. The number of aliphatic hydroxyl groups is 2. The Hall–Kier alpha value is -0.640. The first-order valence-corrected chi connectivity index (χ1v) is 10.9. The third-order valence-electron chi connectivity index (χ3n) is 6.39. The van der Waals surface area contributed by atoms with Crippen molar-refractivity contribution in [2.24, 2.45) is 23.5 Å². The van der Waals surface area contributed by atoms with Crippen LogP contribution in [0.15, 0.2) is 23.8 Å². The van der Waals surface area contributed by atoms with Crippen LogP contribution < -0.4 is 5.73 Å². The molecule has 0 saturated heterocycles. The standard InChI is InChI=1S/C23H41NO2/c1-3-4-12-23(2,26)13-9-11-20-21-16-18(10-7-5-6-8-14-24)15-19(21)17-22(20)25/h9,11,15,19-22,25-26H,3-8,10,12-14,16-17,24H2,1-2H3/b11-9+/t19-,20+,21-,22+,23-/m0/s1. The molecule has 2 aliphatic rings. The molecular formula is C23H41NO2. The van der Waals surface area contributed by atoms with Crippen molar-refractivity contribution in [2.45, 2.75) is 96.2 Å². The summed E-state index contributed by atoms with van der Waals surface area (Å²) >= 11 is 0. The molecule has 0 aromatic rings. The second-order valence-corrected chi connectivity index (χ2v) is 8.92.